The molecular weight excluding hydrogens is 242 g/mol. The third-order valence-electron chi connectivity index (χ3n) is 2.80. The van der Waals surface area contributed by atoms with Crippen LogP contribution in [-0.2, 0) is 16.8 Å². The molecule has 1 aromatic heterocycles. The number of benzene rings is 1. The minimum absolute atomic E-state index is 0.0552. The van der Waals surface area contributed by atoms with Crippen molar-refractivity contribution in [1.82, 2.24) is 5.32 Å². The molecule has 2 aromatic rings. The lowest BCUT2D eigenvalue weighted by Gasteiger charge is -2.25. The number of carbonyl (C=O) groups is 1. The second kappa shape index (κ2) is 5.36. The van der Waals surface area contributed by atoms with Crippen molar-refractivity contribution in [2.75, 3.05) is 0 Å². The van der Waals surface area contributed by atoms with Crippen LogP contribution in [0.5, 0.6) is 0 Å². The molecule has 1 heterocycles. The van der Waals surface area contributed by atoms with Crippen LogP contribution in [0.15, 0.2) is 47.8 Å². The number of thiophene rings is 1. The van der Waals surface area contributed by atoms with Crippen LogP contribution in [0.4, 0.5) is 0 Å². The summed E-state index contributed by atoms with van der Waals surface area (Å²) >= 11 is 1.66. The summed E-state index contributed by atoms with van der Waals surface area (Å²) < 4.78 is 0. The molecule has 0 saturated carbocycles. The average molecular weight is 259 g/mol. The van der Waals surface area contributed by atoms with Gasteiger partial charge in [0.25, 0.3) is 0 Å². The zero-order valence-corrected chi connectivity index (χ0v) is 11.5. The minimum Gasteiger partial charge on any atom is -0.346 e. The van der Waals surface area contributed by atoms with Gasteiger partial charge in [-0.1, -0.05) is 36.4 Å². The van der Waals surface area contributed by atoms with Gasteiger partial charge in [-0.15, -0.1) is 11.3 Å². The summed E-state index contributed by atoms with van der Waals surface area (Å²) in [6.45, 7) is 4.06. The molecule has 1 amide bonds. The number of carbonyl (C=O) groups excluding carboxylic acids is 1. The Kier molecular flexibility index (Phi) is 3.82. The highest BCUT2D eigenvalue weighted by molar-refractivity contribution is 7.10. The highest BCUT2D eigenvalue weighted by Gasteiger charge is 2.23. The van der Waals surface area contributed by atoms with Gasteiger partial charge in [0.1, 0.15) is 0 Å². The average Bonchev–Trinajstić information content (AvgIpc) is 2.83. The Morgan fingerprint density at radius 1 is 1.17 bits per heavy atom. The molecule has 0 aliphatic rings. The van der Waals surface area contributed by atoms with Crippen molar-refractivity contribution in [3.05, 3.63) is 58.3 Å². The molecule has 0 aliphatic carbocycles. The first kappa shape index (κ1) is 12.8. The highest BCUT2D eigenvalue weighted by atomic mass is 32.1. The van der Waals surface area contributed by atoms with Crippen LogP contribution in [0.1, 0.15) is 24.3 Å². The zero-order chi connectivity index (χ0) is 13.0. The molecule has 0 fully saturated rings. The van der Waals surface area contributed by atoms with E-state index in [9.17, 15) is 4.79 Å². The van der Waals surface area contributed by atoms with E-state index in [2.05, 4.69) is 5.32 Å². The largest absolute Gasteiger partial charge is 0.346 e. The van der Waals surface area contributed by atoms with Crippen molar-refractivity contribution in [1.29, 1.82) is 0 Å². The van der Waals surface area contributed by atoms with E-state index in [0.29, 0.717) is 6.42 Å². The third-order valence-corrected chi connectivity index (χ3v) is 3.99. The Balaban J connectivity index is 2.00. The van der Waals surface area contributed by atoms with Crippen molar-refractivity contribution in [2.24, 2.45) is 0 Å². The molecule has 0 bridgehead atoms. The summed E-state index contributed by atoms with van der Waals surface area (Å²) in [5.41, 5.74) is 0.733. The fourth-order valence-electron chi connectivity index (χ4n) is 1.87. The van der Waals surface area contributed by atoms with Crippen molar-refractivity contribution < 1.29 is 4.79 Å². The summed E-state index contributed by atoms with van der Waals surface area (Å²) in [7, 11) is 0. The maximum atomic E-state index is 12.0. The smallest absolute Gasteiger partial charge is 0.225 e. The Labute approximate surface area is 112 Å². The fourth-order valence-corrected chi connectivity index (χ4v) is 2.68. The Morgan fingerprint density at radius 2 is 1.89 bits per heavy atom. The first-order valence-electron chi connectivity index (χ1n) is 5.97. The van der Waals surface area contributed by atoms with Crippen LogP contribution < -0.4 is 5.32 Å². The molecule has 0 unspecified atom stereocenters. The molecule has 0 aliphatic heterocycles. The predicted molar refractivity (Wildman–Crippen MR) is 75.6 cm³/mol. The number of rotatable bonds is 4. The lowest BCUT2D eigenvalue weighted by Crippen LogP contribution is -2.41. The van der Waals surface area contributed by atoms with Gasteiger partial charge in [-0.2, -0.15) is 0 Å². The molecule has 0 atom stereocenters. The van der Waals surface area contributed by atoms with E-state index in [0.717, 1.165) is 5.56 Å². The first-order chi connectivity index (χ1) is 8.58. The molecule has 94 valence electrons. The van der Waals surface area contributed by atoms with E-state index < -0.39 is 0 Å². The number of hydrogen-bond donors (Lipinski definition) is 1. The van der Waals surface area contributed by atoms with Crippen LogP contribution >= 0.6 is 11.3 Å². The van der Waals surface area contributed by atoms with Crippen LogP contribution in [0, 0.1) is 0 Å². The number of nitrogens with one attached hydrogen (secondary N) is 1. The highest BCUT2D eigenvalue weighted by Crippen LogP contribution is 2.24. The van der Waals surface area contributed by atoms with Gasteiger partial charge in [0, 0.05) is 4.88 Å². The minimum atomic E-state index is -0.306. The van der Waals surface area contributed by atoms with E-state index in [1.54, 1.807) is 11.3 Å². The molecule has 18 heavy (non-hydrogen) atoms. The van der Waals surface area contributed by atoms with Gasteiger partial charge in [0.05, 0.1) is 12.0 Å². The van der Waals surface area contributed by atoms with Gasteiger partial charge < -0.3 is 5.32 Å². The monoisotopic (exact) mass is 259 g/mol. The second-order valence-electron chi connectivity index (χ2n) is 4.81. The Hall–Kier alpha value is -1.61. The standard InChI is InChI=1S/C15H17NOS/c1-15(2,13-9-6-10-18-13)16-14(17)11-12-7-4-3-5-8-12/h3-10H,11H2,1-2H3,(H,16,17). The third kappa shape index (κ3) is 3.20. The molecule has 0 spiro atoms. The quantitative estimate of drug-likeness (QED) is 0.896. The van der Waals surface area contributed by atoms with Crippen molar-refractivity contribution in [3.8, 4) is 0 Å². The maximum absolute atomic E-state index is 12.0. The molecule has 1 N–H and O–H groups in total. The van der Waals surface area contributed by atoms with Crippen molar-refractivity contribution >= 4 is 17.2 Å². The van der Waals surface area contributed by atoms with Crippen molar-refractivity contribution in [2.45, 2.75) is 25.8 Å². The Morgan fingerprint density at radius 3 is 2.50 bits per heavy atom. The molecule has 1 aromatic carbocycles. The normalized spacial score (nSPS) is 11.2. The summed E-state index contributed by atoms with van der Waals surface area (Å²) in [6, 6.07) is 13.9. The van der Waals surface area contributed by atoms with E-state index in [4.69, 9.17) is 0 Å². The van der Waals surface area contributed by atoms with Crippen LogP contribution in [0.3, 0.4) is 0 Å². The van der Waals surface area contributed by atoms with E-state index in [1.807, 2.05) is 61.7 Å². The summed E-state index contributed by atoms with van der Waals surface area (Å²) in [4.78, 5) is 13.2. The van der Waals surface area contributed by atoms with Gasteiger partial charge in [0.15, 0.2) is 0 Å². The zero-order valence-electron chi connectivity index (χ0n) is 10.6. The predicted octanol–water partition coefficient (Wildman–Crippen LogP) is 3.34. The maximum Gasteiger partial charge on any atom is 0.225 e. The summed E-state index contributed by atoms with van der Waals surface area (Å²) in [5, 5.41) is 5.11. The van der Waals surface area contributed by atoms with Crippen LogP contribution in [-0.4, -0.2) is 5.91 Å². The lowest BCUT2D eigenvalue weighted by molar-refractivity contribution is -0.122. The SMILES string of the molecule is CC(C)(NC(=O)Cc1ccccc1)c1cccs1. The van der Waals surface area contributed by atoms with Crippen LogP contribution in [0.25, 0.3) is 0 Å². The van der Waals surface area contributed by atoms with Gasteiger partial charge in [-0.05, 0) is 30.9 Å². The fraction of sp³-hybridized carbons (Fsp3) is 0.267. The van der Waals surface area contributed by atoms with Gasteiger partial charge in [-0.3, -0.25) is 4.79 Å². The molecule has 2 rings (SSSR count). The van der Waals surface area contributed by atoms with Gasteiger partial charge >= 0.3 is 0 Å². The number of hydrogen-bond acceptors (Lipinski definition) is 2. The van der Waals surface area contributed by atoms with Crippen LogP contribution in [0.2, 0.25) is 0 Å². The summed E-state index contributed by atoms with van der Waals surface area (Å²) in [6.07, 6.45) is 0.426. The molecule has 3 heteroatoms. The topological polar surface area (TPSA) is 29.1 Å². The van der Waals surface area contributed by atoms with E-state index in [1.165, 1.54) is 4.88 Å². The van der Waals surface area contributed by atoms with E-state index in [-0.39, 0.29) is 11.4 Å². The summed E-state index contributed by atoms with van der Waals surface area (Å²) in [5.74, 6) is 0.0552. The second-order valence-corrected chi connectivity index (χ2v) is 5.76. The molecule has 2 nitrogen and oxygen atoms in total. The first-order valence-corrected chi connectivity index (χ1v) is 6.85. The Bertz CT molecular complexity index is 503. The van der Waals surface area contributed by atoms with Crippen molar-refractivity contribution in [3.63, 3.8) is 0 Å². The molecule has 0 saturated heterocycles. The van der Waals surface area contributed by atoms with Gasteiger partial charge in [0.2, 0.25) is 5.91 Å². The molecular formula is C15H17NOS. The molecule has 0 radical (unpaired) electrons. The lowest BCUT2D eigenvalue weighted by atomic mass is 10.0. The number of amides is 1. The van der Waals surface area contributed by atoms with Gasteiger partial charge in [-0.25, -0.2) is 0 Å². The van der Waals surface area contributed by atoms with E-state index >= 15 is 0 Å².